The minimum absolute atomic E-state index is 0.112. The van der Waals surface area contributed by atoms with E-state index in [2.05, 4.69) is 46.8 Å². The number of rotatable bonds is 6. The summed E-state index contributed by atoms with van der Waals surface area (Å²) in [6, 6.07) is 7.99. The van der Waals surface area contributed by atoms with Crippen molar-refractivity contribution in [3.05, 3.63) is 29.8 Å². The summed E-state index contributed by atoms with van der Waals surface area (Å²) in [5, 5.41) is 18.0. The van der Waals surface area contributed by atoms with Gasteiger partial charge in [0.05, 0.1) is 6.61 Å². The Kier molecular flexibility index (Phi) is 5.60. The smallest absolute Gasteiger partial charge is 0.119 e. The van der Waals surface area contributed by atoms with Crippen LogP contribution >= 0.6 is 0 Å². The van der Waals surface area contributed by atoms with Gasteiger partial charge in [-0.1, -0.05) is 46.8 Å². The maximum atomic E-state index is 9.26. The fourth-order valence-corrected chi connectivity index (χ4v) is 2.68. The molecule has 0 spiro atoms. The van der Waals surface area contributed by atoms with E-state index in [1.807, 2.05) is 12.1 Å². The molecule has 0 heterocycles. The molecule has 0 bridgehead atoms. The van der Waals surface area contributed by atoms with Crippen molar-refractivity contribution in [1.82, 2.24) is 0 Å². The summed E-state index contributed by atoms with van der Waals surface area (Å²) in [4.78, 5) is 0. The van der Waals surface area contributed by atoms with Gasteiger partial charge in [0.2, 0.25) is 0 Å². The number of ether oxygens (including phenoxy) is 1. The minimum Gasteiger partial charge on any atom is -0.491 e. The molecule has 0 saturated heterocycles. The van der Waals surface area contributed by atoms with Crippen molar-refractivity contribution in [2.75, 3.05) is 13.2 Å². The van der Waals surface area contributed by atoms with Gasteiger partial charge in [-0.05, 0) is 34.9 Å². The van der Waals surface area contributed by atoms with E-state index < -0.39 is 6.10 Å². The number of hydrogen-bond donors (Lipinski definition) is 2. The number of benzene rings is 1. The second-order valence-corrected chi connectivity index (χ2v) is 7.29. The van der Waals surface area contributed by atoms with Crippen LogP contribution in [0.25, 0.3) is 0 Å². The lowest BCUT2D eigenvalue weighted by atomic mass is 9.72. The fraction of sp³-hybridized carbons (Fsp3) is 0.647. The van der Waals surface area contributed by atoms with Gasteiger partial charge >= 0.3 is 0 Å². The molecule has 1 rings (SSSR count). The first-order chi connectivity index (χ1) is 9.14. The number of hydrogen-bond acceptors (Lipinski definition) is 3. The summed E-state index contributed by atoms with van der Waals surface area (Å²) >= 11 is 0. The Morgan fingerprint density at radius 3 is 2.05 bits per heavy atom. The van der Waals surface area contributed by atoms with Crippen LogP contribution in [0.5, 0.6) is 5.75 Å². The summed E-state index contributed by atoms with van der Waals surface area (Å²) in [6.45, 7) is 11.1. The third-order valence-corrected chi connectivity index (χ3v) is 3.26. The van der Waals surface area contributed by atoms with Crippen LogP contribution in [0.3, 0.4) is 0 Å². The van der Waals surface area contributed by atoms with Gasteiger partial charge in [-0.15, -0.1) is 0 Å². The molecule has 3 nitrogen and oxygen atoms in total. The Bertz CT molecular complexity index is 401. The number of aliphatic hydroxyl groups excluding tert-OH is 2. The minimum atomic E-state index is -0.827. The molecule has 0 aliphatic carbocycles. The zero-order valence-corrected chi connectivity index (χ0v) is 13.3. The quantitative estimate of drug-likeness (QED) is 0.841. The normalized spacial score (nSPS) is 14.2. The third-order valence-electron chi connectivity index (χ3n) is 3.26. The van der Waals surface area contributed by atoms with Gasteiger partial charge < -0.3 is 14.9 Å². The van der Waals surface area contributed by atoms with Crippen molar-refractivity contribution < 1.29 is 14.9 Å². The second kappa shape index (κ2) is 6.59. The summed E-state index contributed by atoms with van der Waals surface area (Å²) in [7, 11) is 0. The van der Waals surface area contributed by atoms with Crippen LogP contribution in [0.2, 0.25) is 0 Å². The topological polar surface area (TPSA) is 49.7 Å². The third kappa shape index (κ3) is 5.51. The summed E-state index contributed by atoms with van der Waals surface area (Å²) in [6.07, 6.45) is 0.274. The molecular formula is C17H28O3. The molecule has 0 aliphatic rings. The lowest BCUT2D eigenvalue weighted by Crippen LogP contribution is -2.24. The van der Waals surface area contributed by atoms with Crippen LogP contribution in [-0.2, 0) is 5.41 Å². The highest BCUT2D eigenvalue weighted by atomic mass is 16.5. The van der Waals surface area contributed by atoms with Gasteiger partial charge in [0, 0.05) is 0 Å². The Labute approximate surface area is 122 Å². The average molecular weight is 280 g/mol. The van der Waals surface area contributed by atoms with Crippen LogP contribution < -0.4 is 4.74 Å². The largest absolute Gasteiger partial charge is 0.491 e. The molecule has 0 radical (unpaired) electrons. The molecule has 1 aromatic carbocycles. The number of aliphatic hydroxyl groups is 2. The van der Waals surface area contributed by atoms with Gasteiger partial charge in [0.1, 0.15) is 18.5 Å². The van der Waals surface area contributed by atoms with Crippen LogP contribution in [0.4, 0.5) is 0 Å². The zero-order chi connectivity index (χ0) is 15.4. The SMILES string of the molecule is CC(C)(C)CC(C)(C)c1ccc(OCC(O)CO)cc1. The van der Waals surface area contributed by atoms with Crippen molar-refractivity contribution >= 4 is 0 Å². The van der Waals surface area contributed by atoms with E-state index in [4.69, 9.17) is 9.84 Å². The molecule has 2 N–H and O–H groups in total. The van der Waals surface area contributed by atoms with E-state index >= 15 is 0 Å². The van der Waals surface area contributed by atoms with E-state index in [0.29, 0.717) is 5.75 Å². The first-order valence-electron chi connectivity index (χ1n) is 7.16. The second-order valence-electron chi connectivity index (χ2n) is 7.29. The van der Waals surface area contributed by atoms with Gasteiger partial charge in [-0.2, -0.15) is 0 Å². The molecule has 0 fully saturated rings. The zero-order valence-electron chi connectivity index (χ0n) is 13.3. The van der Waals surface area contributed by atoms with Crippen molar-refractivity contribution in [2.45, 2.75) is 52.6 Å². The lowest BCUT2D eigenvalue weighted by Gasteiger charge is -2.33. The van der Waals surface area contributed by atoms with Gasteiger partial charge in [-0.3, -0.25) is 0 Å². The molecule has 114 valence electrons. The van der Waals surface area contributed by atoms with Gasteiger partial charge in [0.25, 0.3) is 0 Å². The highest BCUT2D eigenvalue weighted by Crippen LogP contribution is 2.36. The standard InChI is InChI=1S/C17H28O3/c1-16(2,3)12-17(4,5)13-6-8-15(9-7-13)20-11-14(19)10-18/h6-9,14,18-19H,10-12H2,1-5H3. The lowest BCUT2D eigenvalue weighted by molar-refractivity contribution is 0.0536. The van der Waals surface area contributed by atoms with Crippen molar-refractivity contribution in [1.29, 1.82) is 0 Å². The average Bonchev–Trinajstić information content (AvgIpc) is 2.33. The van der Waals surface area contributed by atoms with Crippen molar-refractivity contribution in [3.63, 3.8) is 0 Å². The van der Waals surface area contributed by atoms with Crippen molar-refractivity contribution in [3.8, 4) is 5.75 Å². The van der Waals surface area contributed by atoms with Crippen molar-refractivity contribution in [2.24, 2.45) is 5.41 Å². The molecular weight excluding hydrogens is 252 g/mol. The maximum Gasteiger partial charge on any atom is 0.119 e. The molecule has 20 heavy (non-hydrogen) atoms. The highest BCUT2D eigenvalue weighted by Gasteiger charge is 2.27. The molecule has 0 amide bonds. The predicted octanol–water partition coefficient (Wildman–Crippen LogP) is 3.13. The fourth-order valence-electron chi connectivity index (χ4n) is 2.68. The predicted molar refractivity (Wildman–Crippen MR) is 82.1 cm³/mol. The first-order valence-corrected chi connectivity index (χ1v) is 7.16. The Morgan fingerprint density at radius 1 is 1.05 bits per heavy atom. The van der Waals surface area contributed by atoms with Crippen LogP contribution in [0, 0.1) is 5.41 Å². The monoisotopic (exact) mass is 280 g/mol. The Balaban J connectivity index is 2.70. The Hall–Kier alpha value is -1.06. The van der Waals surface area contributed by atoms with E-state index in [-0.39, 0.29) is 24.0 Å². The molecule has 1 unspecified atom stereocenters. The molecule has 0 saturated carbocycles. The molecule has 1 atom stereocenters. The Morgan fingerprint density at radius 2 is 1.60 bits per heavy atom. The molecule has 0 aliphatic heterocycles. The van der Waals surface area contributed by atoms with E-state index in [9.17, 15) is 5.11 Å². The van der Waals surface area contributed by atoms with Crippen LogP contribution in [0.15, 0.2) is 24.3 Å². The molecule has 0 aromatic heterocycles. The summed E-state index contributed by atoms with van der Waals surface area (Å²) < 4.78 is 5.42. The van der Waals surface area contributed by atoms with E-state index in [1.165, 1.54) is 5.56 Å². The maximum absolute atomic E-state index is 9.26. The van der Waals surface area contributed by atoms with Gasteiger partial charge in [-0.25, -0.2) is 0 Å². The summed E-state index contributed by atoms with van der Waals surface area (Å²) in [5.74, 6) is 0.716. The highest BCUT2D eigenvalue weighted by molar-refractivity contribution is 5.31. The molecule has 3 heteroatoms. The molecule has 1 aromatic rings. The summed E-state index contributed by atoms with van der Waals surface area (Å²) in [5.41, 5.74) is 1.67. The van der Waals surface area contributed by atoms with Crippen LogP contribution in [0.1, 0.15) is 46.6 Å². The first kappa shape index (κ1) is 17.0. The van der Waals surface area contributed by atoms with Gasteiger partial charge in [0.15, 0.2) is 0 Å². The van der Waals surface area contributed by atoms with E-state index in [0.717, 1.165) is 6.42 Å². The van der Waals surface area contributed by atoms with Crippen LogP contribution in [-0.4, -0.2) is 29.5 Å². The van der Waals surface area contributed by atoms with E-state index in [1.54, 1.807) is 0 Å².